The van der Waals surface area contributed by atoms with Gasteiger partial charge in [0.1, 0.15) is 6.04 Å². The van der Waals surface area contributed by atoms with Crippen molar-refractivity contribution < 1.29 is 14.4 Å². The zero-order valence-corrected chi connectivity index (χ0v) is 20.4. The Bertz CT molecular complexity index is 625. The Morgan fingerprint density at radius 2 is 1.75 bits per heavy atom. The van der Waals surface area contributed by atoms with Crippen LogP contribution in [-0.4, -0.2) is 49.3 Å². The zero-order chi connectivity index (χ0) is 24.2. The minimum Gasteiger partial charge on any atom is -0.359 e. The first-order valence-electron chi connectivity index (χ1n) is 11.9. The Morgan fingerprint density at radius 1 is 1.06 bits per heavy atom. The average Bonchev–Trinajstić information content (AvgIpc) is 3.25. The van der Waals surface area contributed by atoms with Crippen molar-refractivity contribution in [2.75, 3.05) is 14.1 Å². The number of benzene rings is 1. The molecule has 0 saturated carbocycles. The van der Waals surface area contributed by atoms with Gasteiger partial charge in [0.15, 0.2) is 0 Å². The second kappa shape index (κ2) is 19.3. The molecule has 2 rings (SSSR count). The van der Waals surface area contributed by atoms with Crippen molar-refractivity contribution in [2.24, 2.45) is 5.73 Å². The monoisotopic (exact) mass is 448 g/mol. The average molecular weight is 449 g/mol. The number of carbonyl (C=O) groups is 3. The molecule has 4 N–H and O–H groups in total. The fourth-order valence-electron chi connectivity index (χ4n) is 3.68. The van der Waals surface area contributed by atoms with E-state index in [0.717, 1.165) is 44.1 Å². The van der Waals surface area contributed by atoms with Crippen LogP contribution in [0.5, 0.6) is 0 Å². The second-order valence-corrected chi connectivity index (χ2v) is 7.78. The number of likely N-dealkylation sites (tertiary alicyclic amines) is 1. The van der Waals surface area contributed by atoms with Crippen LogP contribution in [0.25, 0.3) is 0 Å². The summed E-state index contributed by atoms with van der Waals surface area (Å²) in [6.45, 7) is 4.69. The maximum absolute atomic E-state index is 12.4. The molecule has 1 aliphatic heterocycles. The second-order valence-electron chi connectivity index (χ2n) is 7.78. The van der Waals surface area contributed by atoms with Gasteiger partial charge in [-0.15, -0.1) is 0 Å². The molecule has 0 bridgehead atoms. The smallest absolute Gasteiger partial charge is 0.243 e. The molecular weight excluding hydrogens is 404 g/mol. The molecule has 32 heavy (non-hydrogen) atoms. The molecule has 1 saturated heterocycles. The van der Waals surface area contributed by atoms with E-state index in [1.54, 1.807) is 11.9 Å². The van der Waals surface area contributed by atoms with E-state index < -0.39 is 0 Å². The first-order chi connectivity index (χ1) is 15.6. The Kier molecular flexibility index (Phi) is 17.8. The van der Waals surface area contributed by atoms with Gasteiger partial charge >= 0.3 is 0 Å². The predicted molar refractivity (Wildman–Crippen MR) is 131 cm³/mol. The Hall–Kier alpha value is -2.41. The highest BCUT2D eigenvalue weighted by Crippen LogP contribution is 2.26. The molecule has 182 valence electrons. The molecule has 0 spiro atoms. The molecule has 7 nitrogen and oxygen atoms in total. The van der Waals surface area contributed by atoms with E-state index in [1.165, 1.54) is 26.3 Å². The summed E-state index contributed by atoms with van der Waals surface area (Å²) < 4.78 is 0. The molecule has 1 aromatic carbocycles. The van der Waals surface area contributed by atoms with Gasteiger partial charge in [-0.1, -0.05) is 69.9 Å². The SMILES string of the molecule is CCCC(=O)NC.CCCCCC[C@H]1CC[C@@H](C(=O)NCc2ccccc2)N1C=O.CN. The summed E-state index contributed by atoms with van der Waals surface area (Å²) in [7, 11) is 3.15. The lowest BCUT2D eigenvalue weighted by molar-refractivity contribution is -0.132. The van der Waals surface area contributed by atoms with Gasteiger partial charge in [-0.2, -0.15) is 0 Å². The highest BCUT2D eigenvalue weighted by molar-refractivity contribution is 5.84. The minimum absolute atomic E-state index is 0.0305. The number of carbonyl (C=O) groups excluding carboxylic acids is 3. The van der Waals surface area contributed by atoms with Crippen LogP contribution in [0.2, 0.25) is 0 Å². The lowest BCUT2D eigenvalue weighted by Gasteiger charge is -2.25. The van der Waals surface area contributed by atoms with Crippen molar-refractivity contribution in [2.45, 2.75) is 90.3 Å². The van der Waals surface area contributed by atoms with E-state index in [9.17, 15) is 14.4 Å². The van der Waals surface area contributed by atoms with E-state index in [1.807, 2.05) is 37.3 Å². The van der Waals surface area contributed by atoms with Crippen molar-refractivity contribution in [3.05, 3.63) is 35.9 Å². The lowest BCUT2D eigenvalue weighted by Crippen LogP contribution is -2.45. The summed E-state index contributed by atoms with van der Waals surface area (Å²) in [6.07, 6.45) is 9.99. The van der Waals surface area contributed by atoms with E-state index in [2.05, 4.69) is 23.3 Å². The summed E-state index contributed by atoms with van der Waals surface area (Å²) in [5.74, 6) is 0.0968. The Labute approximate surface area is 194 Å². The van der Waals surface area contributed by atoms with E-state index in [4.69, 9.17) is 0 Å². The number of nitrogens with zero attached hydrogens (tertiary/aromatic N) is 1. The highest BCUT2D eigenvalue weighted by atomic mass is 16.2. The lowest BCUT2D eigenvalue weighted by atomic mass is 10.1. The van der Waals surface area contributed by atoms with Gasteiger partial charge in [-0.05, 0) is 38.3 Å². The Morgan fingerprint density at radius 3 is 2.28 bits per heavy atom. The van der Waals surface area contributed by atoms with Crippen molar-refractivity contribution in [1.29, 1.82) is 0 Å². The molecule has 0 aromatic heterocycles. The number of hydrogen-bond donors (Lipinski definition) is 3. The van der Waals surface area contributed by atoms with Gasteiger partial charge in [0, 0.05) is 26.1 Å². The molecule has 0 aliphatic carbocycles. The van der Waals surface area contributed by atoms with Crippen molar-refractivity contribution >= 4 is 18.2 Å². The molecule has 1 aliphatic rings. The maximum atomic E-state index is 12.4. The van der Waals surface area contributed by atoms with Crippen LogP contribution in [0.1, 0.15) is 77.2 Å². The van der Waals surface area contributed by atoms with Gasteiger partial charge in [-0.25, -0.2) is 0 Å². The molecular formula is C25H44N4O3. The quantitative estimate of drug-likeness (QED) is 0.356. The number of nitrogens with one attached hydrogen (secondary N) is 2. The number of hydrogen-bond acceptors (Lipinski definition) is 4. The summed E-state index contributed by atoms with van der Waals surface area (Å²) in [5.41, 5.74) is 5.58. The number of unbranched alkanes of at least 4 members (excludes halogenated alkanes) is 3. The summed E-state index contributed by atoms with van der Waals surface area (Å²) in [4.78, 5) is 35.9. The zero-order valence-electron chi connectivity index (χ0n) is 20.4. The molecule has 1 fully saturated rings. The maximum Gasteiger partial charge on any atom is 0.243 e. The minimum atomic E-state index is -0.299. The normalized spacial score (nSPS) is 16.7. The van der Waals surface area contributed by atoms with Gasteiger partial charge in [-0.3, -0.25) is 14.4 Å². The molecule has 7 heteroatoms. The van der Waals surface area contributed by atoms with Crippen molar-refractivity contribution in [3.63, 3.8) is 0 Å². The first kappa shape index (κ1) is 29.6. The Balaban J connectivity index is 0.000000911. The van der Waals surface area contributed by atoms with Crippen LogP contribution in [0.15, 0.2) is 30.3 Å². The largest absolute Gasteiger partial charge is 0.359 e. The summed E-state index contributed by atoms with van der Waals surface area (Å²) in [5, 5.41) is 5.49. The van der Waals surface area contributed by atoms with E-state index in [-0.39, 0.29) is 23.9 Å². The first-order valence-corrected chi connectivity index (χ1v) is 11.9. The fraction of sp³-hybridized carbons (Fsp3) is 0.640. The number of amides is 3. The summed E-state index contributed by atoms with van der Waals surface area (Å²) in [6, 6.07) is 9.79. The topological polar surface area (TPSA) is 105 Å². The van der Waals surface area contributed by atoms with Crippen LogP contribution in [0, 0.1) is 0 Å². The van der Waals surface area contributed by atoms with Crippen LogP contribution < -0.4 is 16.4 Å². The van der Waals surface area contributed by atoms with Crippen molar-refractivity contribution in [3.8, 4) is 0 Å². The predicted octanol–water partition coefficient (Wildman–Crippen LogP) is 3.37. The standard InChI is InChI=1S/C19H28N2O2.C5H11NO.CH5N/c1-2-3-4-8-11-17-12-13-18(21(17)15-22)19(23)20-14-16-9-6-5-7-10-16;1-3-4-5(7)6-2;1-2/h5-7,9-10,15,17-18H,2-4,8,11-14H2,1H3,(H,20,23);3-4H2,1-2H3,(H,6,7);2H2,1H3/t17-,18-;;/m0../s1. The van der Waals surface area contributed by atoms with Gasteiger partial charge < -0.3 is 21.3 Å². The van der Waals surface area contributed by atoms with Crippen LogP contribution in [0.3, 0.4) is 0 Å². The van der Waals surface area contributed by atoms with Crippen LogP contribution in [-0.2, 0) is 20.9 Å². The third-order valence-electron chi connectivity index (χ3n) is 5.44. The molecule has 0 radical (unpaired) electrons. The molecule has 1 heterocycles. The molecule has 3 amide bonds. The van der Waals surface area contributed by atoms with Gasteiger partial charge in [0.2, 0.25) is 18.2 Å². The number of rotatable bonds is 11. The fourth-order valence-corrected chi connectivity index (χ4v) is 3.68. The van der Waals surface area contributed by atoms with Crippen molar-refractivity contribution in [1.82, 2.24) is 15.5 Å². The van der Waals surface area contributed by atoms with Gasteiger partial charge in [0.25, 0.3) is 0 Å². The molecule has 2 atom stereocenters. The van der Waals surface area contributed by atoms with Crippen LogP contribution in [0.4, 0.5) is 0 Å². The van der Waals surface area contributed by atoms with Crippen LogP contribution >= 0.6 is 0 Å². The van der Waals surface area contributed by atoms with Gasteiger partial charge in [0.05, 0.1) is 0 Å². The summed E-state index contributed by atoms with van der Waals surface area (Å²) >= 11 is 0. The highest BCUT2D eigenvalue weighted by Gasteiger charge is 2.36. The van der Waals surface area contributed by atoms with E-state index in [0.29, 0.717) is 13.0 Å². The molecule has 0 unspecified atom stereocenters. The third-order valence-corrected chi connectivity index (χ3v) is 5.44. The third kappa shape index (κ3) is 11.8. The van der Waals surface area contributed by atoms with E-state index >= 15 is 0 Å². The molecule has 1 aromatic rings. The number of nitrogens with two attached hydrogens (primary N) is 1.